The monoisotopic (exact) mass is 432 g/mol. The zero-order chi connectivity index (χ0) is 18.6. The molecule has 1 N–H and O–H groups in total. The molecule has 0 fully saturated rings. The maximum Gasteiger partial charge on any atom is 0.198 e. The van der Waals surface area contributed by atoms with E-state index in [0.717, 1.165) is 53.6 Å². The molecule has 2 heterocycles. The predicted molar refractivity (Wildman–Crippen MR) is 126 cm³/mol. The van der Waals surface area contributed by atoms with Crippen LogP contribution in [0.5, 0.6) is 0 Å². The Morgan fingerprint density at radius 2 is 1.69 bits per heavy atom. The van der Waals surface area contributed by atoms with Crippen molar-refractivity contribution in [1.29, 1.82) is 0 Å². The normalized spacial score (nSPS) is 10.7. The molecule has 4 aromatic rings. The first kappa shape index (κ1) is 22.9. The van der Waals surface area contributed by atoms with Crippen molar-refractivity contribution in [1.82, 2.24) is 14.9 Å². The van der Waals surface area contributed by atoms with Gasteiger partial charge in [-0.1, -0.05) is 30.3 Å². The molecular formula is C22H26Cl2N4O. The number of para-hydroxylation sites is 2. The molecule has 7 heteroatoms. The van der Waals surface area contributed by atoms with Gasteiger partial charge in [-0.15, -0.1) is 24.8 Å². The summed E-state index contributed by atoms with van der Waals surface area (Å²) in [5.41, 5.74) is 1.77. The molecule has 0 aliphatic carbocycles. The van der Waals surface area contributed by atoms with Crippen molar-refractivity contribution in [2.75, 3.05) is 32.5 Å². The summed E-state index contributed by atoms with van der Waals surface area (Å²) >= 11 is 0. The van der Waals surface area contributed by atoms with E-state index in [1.54, 1.807) is 0 Å². The van der Waals surface area contributed by atoms with Gasteiger partial charge < -0.3 is 14.6 Å². The molecule has 2 aromatic carbocycles. The van der Waals surface area contributed by atoms with Crippen LogP contribution in [-0.4, -0.2) is 42.1 Å². The summed E-state index contributed by atoms with van der Waals surface area (Å²) in [5.74, 6) is 2.17. The number of furan rings is 1. The quantitative estimate of drug-likeness (QED) is 0.382. The molecule has 0 unspecified atom stereocenters. The zero-order valence-corrected chi connectivity index (χ0v) is 18.2. The lowest BCUT2D eigenvalue weighted by Crippen LogP contribution is -2.14. The van der Waals surface area contributed by atoms with Crippen LogP contribution in [0.15, 0.2) is 59.0 Å². The first-order valence-electron chi connectivity index (χ1n) is 9.35. The third-order valence-corrected chi connectivity index (χ3v) is 4.57. The van der Waals surface area contributed by atoms with Crippen molar-refractivity contribution in [3.63, 3.8) is 0 Å². The Morgan fingerprint density at radius 1 is 0.931 bits per heavy atom. The average Bonchev–Trinajstić information content (AvgIpc) is 3.11. The molecular weight excluding hydrogens is 407 g/mol. The molecule has 154 valence electrons. The maximum absolute atomic E-state index is 5.97. The molecule has 0 radical (unpaired) electrons. The summed E-state index contributed by atoms with van der Waals surface area (Å²) < 4.78 is 5.97. The van der Waals surface area contributed by atoms with Crippen LogP contribution in [0.4, 0.5) is 5.82 Å². The third kappa shape index (κ3) is 5.38. The summed E-state index contributed by atoms with van der Waals surface area (Å²) in [4.78, 5) is 11.7. The standard InChI is InChI=1S/C22H24N4O.2ClH/c1-26(2)14-8-7-13-23-21-17-10-4-5-11-18(17)24-22(25-21)20-15-16-9-3-6-12-19(16)27-20;;/h3-6,9-12,15H,7-8,13-14H2,1-2H3,(H,23,24,25);2*1H. The van der Waals surface area contributed by atoms with Crippen LogP contribution < -0.4 is 5.32 Å². The van der Waals surface area contributed by atoms with Gasteiger partial charge in [0.25, 0.3) is 0 Å². The molecule has 0 aliphatic heterocycles. The van der Waals surface area contributed by atoms with E-state index in [-0.39, 0.29) is 24.8 Å². The Bertz CT molecular complexity index is 1030. The minimum Gasteiger partial charge on any atom is -0.453 e. The maximum atomic E-state index is 5.97. The minimum atomic E-state index is 0. The Balaban J connectivity index is 0.00000150. The highest BCUT2D eigenvalue weighted by Gasteiger charge is 2.13. The number of fused-ring (bicyclic) bond motifs is 2. The van der Waals surface area contributed by atoms with Gasteiger partial charge in [0, 0.05) is 17.3 Å². The Hall–Kier alpha value is -2.34. The SMILES string of the molecule is CN(C)CCCCNc1nc(-c2cc3ccccc3o2)nc2ccccc12.Cl.Cl. The van der Waals surface area contributed by atoms with E-state index in [1.807, 2.05) is 48.5 Å². The van der Waals surface area contributed by atoms with Crippen molar-refractivity contribution in [3.8, 4) is 11.6 Å². The van der Waals surface area contributed by atoms with Gasteiger partial charge in [-0.3, -0.25) is 0 Å². The van der Waals surface area contributed by atoms with Gasteiger partial charge >= 0.3 is 0 Å². The highest BCUT2D eigenvalue weighted by Crippen LogP contribution is 2.29. The fraction of sp³-hybridized carbons (Fsp3) is 0.273. The van der Waals surface area contributed by atoms with E-state index in [0.29, 0.717) is 11.6 Å². The summed E-state index contributed by atoms with van der Waals surface area (Å²) in [6.45, 7) is 1.98. The number of rotatable bonds is 7. The van der Waals surface area contributed by atoms with Crippen LogP contribution in [0.3, 0.4) is 0 Å². The fourth-order valence-electron chi connectivity index (χ4n) is 3.17. The van der Waals surface area contributed by atoms with Crippen molar-refractivity contribution in [3.05, 3.63) is 54.6 Å². The number of hydrogen-bond acceptors (Lipinski definition) is 5. The number of benzene rings is 2. The first-order chi connectivity index (χ1) is 13.2. The smallest absolute Gasteiger partial charge is 0.198 e. The lowest BCUT2D eigenvalue weighted by molar-refractivity contribution is 0.396. The van der Waals surface area contributed by atoms with Crippen molar-refractivity contribution >= 4 is 52.5 Å². The van der Waals surface area contributed by atoms with Crippen molar-refractivity contribution < 1.29 is 4.42 Å². The number of hydrogen-bond donors (Lipinski definition) is 1. The van der Waals surface area contributed by atoms with E-state index < -0.39 is 0 Å². The highest BCUT2D eigenvalue weighted by atomic mass is 35.5. The minimum absolute atomic E-state index is 0. The molecule has 4 rings (SSSR count). The topological polar surface area (TPSA) is 54.2 Å². The van der Waals surface area contributed by atoms with Gasteiger partial charge in [0.15, 0.2) is 11.6 Å². The molecule has 5 nitrogen and oxygen atoms in total. The van der Waals surface area contributed by atoms with Crippen molar-refractivity contribution in [2.24, 2.45) is 0 Å². The summed E-state index contributed by atoms with van der Waals surface area (Å²) in [6, 6.07) is 18.1. The largest absolute Gasteiger partial charge is 0.453 e. The number of aromatic nitrogens is 2. The first-order valence-corrected chi connectivity index (χ1v) is 9.35. The van der Waals surface area contributed by atoms with Gasteiger partial charge in [0.2, 0.25) is 0 Å². The molecule has 0 amide bonds. The average molecular weight is 433 g/mol. The third-order valence-electron chi connectivity index (χ3n) is 4.57. The summed E-state index contributed by atoms with van der Waals surface area (Å²) in [7, 11) is 4.20. The van der Waals surface area contributed by atoms with Crippen LogP contribution in [0.25, 0.3) is 33.5 Å². The number of nitrogens with one attached hydrogen (secondary N) is 1. The Kier molecular flexibility index (Phi) is 8.26. The highest BCUT2D eigenvalue weighted by molar-refractivity contribution is 5.91. The molecule has 0 bridgehead atoms. The number of unbranched alkanes of at least 4 members (excludes halogenated alkanes) is 1. The molecule has 0 spiro atoms. The fourth-order valence-corrected chi connectivity index (χ4v) is 3.17. The molecule has 0 aliphatic rings. The second-order valence-electron chi connectivity index (χ2n) is 7.00. The lowest BCUT2D eigenvalue weighted by Gasteiger charge is -2.11. The van der Waals surface area contributed by atoms with Crippen LogP contribution in [-0.2, 0) is 0 Å². The Morgan fingerprint density at radius 3 is 2.48 bits per heavy atom. The van der Waals surface area contributed by atoms with Crippen molar-refractivity contribution in [2.45, 2.75) is 12.8 Å². The van der Waals surface area contributed by atoms with Gasteiger partial charge in [0.1, 0.15) is 11.4 Å². The second kappa shape index (κ2) is 10.4. The zero-order valence-electron chi connectivity index (χ0n) is 16.6. The number of nitrogens with zero attached hydrogens (tertiary/aromatic N) is 3. The predicted octanol–water partition coefficient (Wildman–Crippen LogP) is 5.64. The van der Waals surface area contributed by atoms with Crippen LogP contribution >= 0.6 is 24.8 Å². The molecule has 2 aromatic heterocycles. The van der Waals surface area contributed by atoms with Crippen LogP contribution in [0.1, 0.15) is 12.8 Å². The second-order valence-corrected chi connectivity index (χ2v) is 7.00. The molecule has 0 atom stereocenters. The van der Waals surface area contributed by atoms with E-state index >= 15 is 0 Å². The molecule has 0 saturated heterocycles. The van der Waals surface area contributed by atoms with E-state index in [2.05, 4.69) is 30.4 Å². The van der Waals surface area contributed by atoms with E-state index in [1.165, 1.54) is 0 Å². The molecule has 0 saturated carbocycles. The van der Waals surface area contributed by atoms with Crippen LogP contribution in [0, 0.1) is 0 Å². The van der Waals surface area contributed by atoms with E-state index in [4.69, 9.17) is 14.4 Å². The summed E-state index contributed by atoms with van der Waals surface area (Å²) in [5, 5.41) is 5.58. The van der Waals surface area contributed by atoms with Crippen LogP contribution in [0.2, 0.25) is 0 Å². The number of halogens is 2. The van der Waals surface area contributed by atoms with Gasteiger partial charge in [-0.25, -0.2) is 9.97 Å². The van der Waals surface area contributed by atoms with Gasteiger partial charge in [-0.05, 0) is 57.7 Å². The number of anilines is 1. The molecule has 29 heavy (non-hydrogen) atoms. The Labute approximate surface area is 183 Å². The van der Waals surface area contributed by atoms with Gasteiger partial charge in [0.05, 0.1) is 5.52 Å². The van der Waals surface area contributed by atoms with E-state index in [9.17, 15) is 0 Å². The van der Waals surface area contributed by atoms with Gasteiger partial charge in [-0.2, -0.15) is 0 Å². The lowest BCUT2D eigenvalue weighted by atomic mass is 10.2. The summed E-state index contributed by atoms with van der Waals surface area (Å²) in [6.07, 6.45) is 2.25.